The summed E-state index contributed by atoms with van der Waals surface area (Å²) in [6.07, 6.45) is 1.67. The highest BCUT2D eigenvalue weighted by atomic mass is 32.2. The molecule has 0 saturated carbocycles. The fourth-order valence-electron chi connectivity index (χ4n) is 3.35. The molecular weight excluding hydrogens is 412 g/mol. The first kappa shape index (κ1) is 21.2. The number of thioether (sulfide) groups is 1. The van der Waals surface area contributed by atoms with Crippen molar-refractivity contribution in [2.45, 2.75) is 37.9 Å². The second-order valence-electron chi connectivity index (χ2n) is 7.71. The van der Waals surface area contributed by atoms with E-state index in [9.17, 15) is 4.79 Å². The minimum absolute atomic E-state index is 0.0721. The Morgan fingerprint density at radius 3 is 2.52 bits per heavy atom. The number of rotatable bonds is 7. The average molecular weight is 439 g/mol. The number of fused-ring (bicyclic) bond motifs is 1. The maximum absolute atomic E-state index is 12.5. The molecule has 1 unspecified atom stereocenters. The summed E-state index contributed by atoms with van der Waals surface area (Å²) >= 11 is 1.36. The van der Waals surface area contributed by atoms with Gasteiger partial charge in [-0.2, -0.15) is 0 Å². The Balaban J connectivity index is 1.36. The molecule has 0 saturated heterocycles. The van der Waals surface area contributed by atoms with Crippen LogP contribution < -0.4 is 14.8 Å². The number of carbonyl (C=O) groups excluding carboxylic acids is 1. The highest BCUT2D eigenvalue weighted by molar-refractivity contribution is 7.99. The molecule has 0 radical (unpaired) electrons. The van der Waals surface area contributed by atoms with Gasteiger partial charge in [-0.3, -0.25) is 9.36 Å². The number of benzene rings is 2. The normalized spacial score (nSPS) is 13.8. The summed E-state index contributed by atoms with van der Waals surface area (Å²) in [5.74, 6) is 2.11. The number of hydrogen-bond donors (Lipinski definition) is 1. The minimum atomic E-state index is -0.148. The highest BCUT2D eigenvalue weighted by Gasteiger charge is 2.17. The van der Waals surface area contributed by atoms with Crippen LogP contribution in [0.25, 0.3) is 5.69 Å². The van der Waals surface area contributed by atoms with Gasteiger partial charge in [-0.25, -0.2) is 0 Å². The van der Waals surface area contributed by atoms with Crippen molar-refractivity contribution in [1.29, 1.82) is 0 Å². The van der Waals surface area contributed by atoms with E-state index in [4.69, 9.17) is 9.47 Å². The van der Waals surface area contributed by atoms with Gasteiger partial charge in [0.15, 0.2) is 16.7 Å². The molecule has 8 heteroatoms. The Hall–Kier alpha value is -3.00. The number of ether oxygens (including phenoxy) is 2. The van der Waals surface area contributed by atoms with Crippen molar-refractivity contribution in [2.24, 2.45) is 0 Å². The Morgan fingerprint density at radius 2 is 1.77 bits per heavy atom. The summed E-state index contributed by atoms with van der Waals surface area (Å²) in [5, 5.41) is 11.9. The Morgan fingerprint density at radius 1 is 1.06 bits per heavy atom. The van der Waals surface area contributed by atoms with Crippen LogP contribution in [0.3, 0.4) is 0 Å². The Bertz CT molecular complexity index is 1050. The summed E-state index contributed by atoms with van der Waals surface area (Å²) in [6.45, 7) is 7.38. The van der Waals surface area contributed by atoms with Crippen LogP contribution >= 0.6 is 11.8 Å². The largest absolute Gasteiger partial charge is 0.486 e. The molecule has 1 N–H and O–H groups in total. The molecule has 1 amide bonds. The van der Waals surface area contributed by atoms with Crippen LogP contribution in [0.1, 0.15) is 43.9 Å². The van der Waals surface area contributed by atoms with Crippen LogP contribution in [0, 0.1) is 0 Å². The lowest BCUT2D eigenvalue weighted by molar-refractivity contribution is -0.119. The van der Waals surface area contributed by atoms with Crippen molar-refractivity contribution in [1.82, 2.24) is 20.1 Å². The molecule has 1 atom stereocenters. The molecule has 4 rings (SSSR count). The summed E-state index contributed by atoms with van der Waals surface area (Å²) in [5.41, 5.74) is 3.22. The molecule has 2 aromatic carbocycles. The van der Waals surface area contributed by atoms with E-state index in [2.05, 4.69) is 41.5 Å². The van der Waals surface area contributed by atoms with Gasteiger partial charge in [0.2, 0.25) is 5.91 Å². The van der Waals surface area contributed by atoms with Crippen LogP contribution in [-0.4, -0.2) is 39.6 Å². The van der Waals surface area contributed by atoms with Gasteiger partial charge in [-0.05, 0) is 48.2 Å². The van der Waals surface area contributed by atoms with Crippen molar-refractivity contribution >= 4 is 17.7 Å². The average Bonchev–Trinajstić information content (AvgIpc) is 3.26. The highest BCUT2D eigenvalue weighted by Crippen LogP contribution is 2.32. The van der Waals surface area contributed by atoms with E-state index in [0.717, 1.165) is 22.7 Å². The van der Waals surface area contributed by atoms with E-state index in [1.807, 2.05) is 41.8 Å². The van der Waals surface area contributed by atoms with Gasteiger partial charge in [0, 0.05) is 5.69 Å². The zero-order chi connectivity index (χ0) is 21.8. The third-order valence-electron chi connectivity index (χ3n) is 5.13. The standard InChI is InChI=1S/C23H26N4O3S/c1-15(2)17-4-7-19(8-5-17)27-14-24-26-23(27)31-13-22(28)25-16(3)18-6-9-20-21(12-18)30-11-10-29-20/h4-9,12,14-16H,10-11,13H2,1-3H3,(H,25,28). The molecule has 0 aliphatic carbocycles. The second kappa shape index (κ2) is 9.43. The lowest BCUT2D eigenvalue weighted by Crippen LogP contribution is -2.28. The number of carbonyl (C=O) groups is 1. The first-order chi connectivity index (χ1) is 15.0. The van der Waals surface area contributed by atoms with Crippen molar-refractivity contribution in [3.05, 3.63) is 59.9 Å². The topological polar surface area (TPSA) is 78.3 Å². The number of hydrogen-bond acceptors (Lipinski definition) is 6. The van der Waals surface area contributed by atoms with E-state index < -0.39 is 0 Å². The van der Waals surface area contributed by atoms with Crippen molar-refractivity contribution in [3.63, 3.8) is 0 Å². The summed E-state index contributed by atoms with van der Waals surface area (Å²) in [7, 11) is 0. The zero-order valence-electron chi connectivity index (χ0n) is 17.9. The van der Waals surface area contributed by atoms with E-state index in [0.29, 0.717) is 24.3 Å². The number of aromatic nitrogens is 3. The lowest BCUT2D eigenvalue weighted by atomic mass is 10.0. The maximum Gasteiger partial charge on any atom is 0.230 e. The molecule has 1 aliphatic heterocycles. The van der Waals surface area contributed by atoms with Crippen molar-refractivity contribution in [2.75, 3.05) is 19.0 Å². The van der Waals surface area contributed by atoms with Crippen LogP contribution in [0.2, 0.25) is 0 Å². The third kappa shape index (κ3) is 5.02. The van der Waals surface area contributed by atoms with Gasteiger partial charge in [0.05, 0.1) is 11.8 Å². The van der Waals surface area contributed by atoms with Gasteiger partial charge in [0.25, 0.3) is 0 Å². The predicted molar refractivity (Wildman–Crippen MR) is 120 cm³/mol. The molecule has 0 fully saturated rings. The molecule has 7 nitrogen and oxygen atoms in total. The van der Waals surface area contributed by atoms with Gasteiger partial charge in [-0.1, -0.05) is 43.8 Å². The molecule has 162 valence electrons. The van der Waals surface area contributed by atoms with E-state index >= 15 is 0 Å². The third-order valence-corrected chi connectivity index (χ3v) is 6.07. The summed E-state index contributed by atoms with van der Waals surface area (Å²) < 4.78 is 13.1. The first-order valence-corrected chi connectivity index (χ1v) is 11.3. The molecule has 31 heavy (non-hydrogen) atoms. The Labute approximate surface area is 186 Å². The molecule has 1 aliphatic rings. The fourth-order valence-corrected chi connectivity index (χ4v) is 4.09. The Kier molecular flexibility index (Phi) is 6.46. The van der Waals surface area contributed by atoms with Crippen LogP contribution in [-0.2, 0) is 4.79 Å². The van der Waals surface area contributed by atoms with E-state index in [1.54, 1.807) is 6.33 Å². The van der Waals surface area contributed by atoms with Gasteiger partial charge >= 0.3 is 0 Å². The minimum Gasteiger partial charge on any atom is -0.486 e. The van der Waals surface area contributed by atoms with Crippen LogP contribution in [0.4, 0.5) is 0 Å². The molecule has 1 aromatic heterocycles. The molecule has 0 bridgehead atoms. The SMILES string of the molecule is CC(C)c1ccc(-n2cnnc2SCC(=O)NC(C)c2ccc3c(c2)OCCO3)cc1. The predicted octanol–water partition coefficient (Wildman–Crippen LogP) is 4.13. The number of nitrogens with one attached hydrogen (secondary N) is 1. The van der Waals surface area contributed by atoms with Gasteiger partial charge in [0.1, 0.15) is 19.5 Å². The van der Waals surface area contributed by atoms with E-state index in [-0.39, 0.29) is 17.7 Å². The lowest BCUT2D eigenvalue weighted by Gasteiger charge is -2.21. The quantitative estimate of drug-likeness (QED) is 0.559. The zero-order valence-corrected chi connectivity index (χ0v) is 18.7. The fraction of sp³-hybridized carbons (Fsp3) is 0.348. The number of amides is 1. The van der Waals surface area contributed by atoms with Gasteiger partial charge in [-0.15, -0.1) is 10.2 Å². The smallest absolute Gasteiger partial charge is 0.230 e. The van der Waals surface area contributed by atoms with Crippen LogP contribution in [0.5, 0.6) is 11.5 Å². The van der Waals surface area contributed by atoms with Crippen molar-refractivity contribution < 1.29 is 14.3 Å². The number of nitrogens with zero attached hydrogens (tertiary/aromatic N) is 3. The molecule has 3 aromatic rings. The van der Waals surface area contributed by atoms with Crippen molar-refractivity contribution in [3.8, 4) is 17.2 Å². The molecular formula is C23H26N4O3S. The van der Waals surface area contributed by atoms with Gasteiger partial charge < -0.3 is 14.8 Å². The summed E-state index contributed by atoms with van der Waals surface area (Å²) in [4.78, 5) is 12.5. The monoisotopic (exact) mass is 438 g/mol. The second-order valence-corrected chi connectivity index (χ2v) is 8.65. The van der Waals surface area contributed by atoms with Crippen LogP contribution in [0.15, 0.2) is 53.9 Å². The summed E-state index contributed by atoms with van der Waals surface area (Å²) in [6, 6.07) is 13.9. The first-order valence-electron chi connectivity index (χ1n) is 10.3. The maximum atomic E-state index is 12.5. The molecule has 0 spiro atoms. The van der Waals surface area contributed by atoms with E-state index in [1.165, 1.54) is 17.3 Å². The molecule has 2 heterocycles.